The minimum absolute atomic E-state index is 0.0645. The Morgan fingerprint density at radius 2 is 2.06 bits per heavy atom. The van der Waals surface area contributed by atoms with Gasteiger partial charge in [0.05, 0.1) is 6.10 Å². The molecule has 0 saturated carbocycles. The van der Waals surface area contributed by atoms with Crippen molar-refractivity contribution in [1.29, 1.82) is 0 Å². The molecule has 1 aliphatic rings. The summed E-state index contributed by atoms with van der Waals surface area (Å²) in [5, 5.41) is 18.6. The summed E-state index contributed by atoms with van der Waals surface area (Å²) in [6.45, 7) is 6.42. The summed E-state index contributed by atoms with van der Waals surface area (Å²) in [4.78, 5) is 26.3. The van der Waals surface area contributed by atoms with Crippen molar-refractivity contribution in [2.24, 2.45) is 0 Å². The van der Waals surface area contributed by atoms with Gasteiger partial charge in [-0.25, -0.2) is 9.59 Å². The Morgan fingerprint density at radius 1 is 1.44 bits per heavy atom. The molecule has 0 aromatic carbocycles. The third-order valence-electron chi connectivity index (χ3n) is 3.52. The van der Waals surface area contributed by atoms with Crippen molar-refractivity contribution in [2.75, 3.05) is 13.1 Å². The fourth-order valence-corrected chi connectivity index (χ4v) is 2.28. The van der Waals surface area contributed by atoms with E-state index in [9.17, 15) is 14.7 Å². The van der Waals surface area contributed by atoms with E-state index in [1.165, 1.54) is 4.90 Å². The standard InChI is InChI=1S/C12H22N2O4/c1-4-8(3)13(5-2)12(18)14-7-9(15)6-10(14)11(16)17/h8-10,15H,4-7H2,1-3H3,(H,16,17)/t8?,9?,10-/m0/s1. The number of aliphatic carboxylic acids is 1. The van der Waals surface area contributed by atoms with Gasteiger partial charge in [0, 0.05) is 25.6 Å². The largest absolute Gasteiger partial charge is 0.480 e. The zero-order valence-corrected chi connectivity index (χ0v) is 11.2. The van der Waals surface area contributed by atoms with E-state index in [0.717, 1.165) is 6.42 Å². The minimum atomic E-state index is -1.06. The summed E-state index contributed by atoms with van der Waals surface area (Å²) in [7, 11) is 0. The van der Waals surface area contributed by atoms with Crippen LogP contribution in [-0.4, -0.2) is 63.3 Å². The predicted octanol–water partition coefficient (Wildman–Crippen LogP) is 0.747. The summed E-state index contributed by atoms with van der Waals surface area (Å²) in [5.41, 5.74) is 0. The number of carboxylic acids is 1. The van der Waals surface area contributed by atoms with Crippen LogP contribution in [0.5, 0.6) is 0 Å². The molecule has 0 bridgehead atoms. The maximum absolute atomic E-state index is 12.3. The van der Waals surface area contributed by atoms with Gasteiger partial charge in [-0.05, 0) is 20.3 Å². The number of nitrogens with zero attached hydrogens (tertiary/aromatic N) is 2. The fourth-order valence-electron chi connectivity index (χ4n) is 2.28. The van der Waals surface area contributed by atoms with E-state index in [0.29, 0.717) is 6.54 Å². The summed E-state index contributed by atoms with van der Waals surface area (Å²) >= 11 is 0. The Kier molecular flexibility index (Phi) is 4.95. The number of aliphatic hydroxyl groups is 1. The molecule has 1 fully saturated rings. The lowest BCUT2D eigenvalue weighted by atomic mass is 10.2. The number of rotatable bonds is 4. The SMILES string of the molecule is CCC(C)N(CC)C(=O)N1CC(O)C[C@H]1C(=O)O. The number of urea groups is 1. The first-order chi connectivity index (χ1) is 8.42. The maximum Gasteiger partial charge on any atom is 0.326 e. The van der Waals surface area contributed by atoms with Crippen LogP contribution in [0.1, 0.15) is 33.6 Å². The Labute approximate surface area is 107 Å². The first-order valence-corrected chi connectivity index (χ1v) is 6.40. The van der Waals surface area contributed by atoms with Gasteiger partial charge < -0.3 is 20.0 Å². The summed E-state index contributed by atoms with van der Waals surface area (Å²) in [6, 6.07) is -1.14. The summed E-state index contributed by atoms with van der Waals surface area (Å²) in [5.74, 6) is -1.06. The lowest BCUT2D eigenvalue weighted by Crippen LogP contribution is -2.50. The lowest BCUT2D eigenvalue weighted by Gasteiger charge is -2.33. The third-order valence-corrected chi connectivity index (χ3v) is 3.52. The van der Waals surface area contributed by atoms with Crippen molar-refractivity contribution in [2.45, 2.75) is 51.8 Å². The van der Waals surface area contributed by atoms with E-state index >= 15 is 0 Å². The van der Waals surface area contributed by atoms with Crippen molar-refractivity contribution in [3.05, 3.63) is 0 Å². The number of carbonyl (C=O) groups excluding carboxylic acids is 1. The highest BCUT2D eigenvalue weighted by molar-refractivity contribution is 5.83. The van der Waals surface area contributed by atoms with Crippen LogP contribution in [0, 0.1) is 0 Å². The van der Waals surface area contributed by atoms with Gasteiger partial charge in [0.15, 0.2) is 0 Å². The van der Waals surface area contributed by atoms with Crippen molar-refractivity contribution < 1.29 is 19.8 Å². The van der Waals surface area contributed by atoms with Crippen LogP contribution in [0.15, 0.2) is 0 Å². The number of carboxylic acid groups (broad SMARTS) is 1. The number of β-amino-alcohol motifs (C(OH)–C–C–N with tert-alkyl or cyclic N) is 1. The third kappa shape index (κ3) is 2.93. The Bertz CT molecular complexity index is 321. The monoisotopic (exact) mass is 258 g/mol. The van der Waals surface area contributed by atoms with Gasteiger partial charge in [-0.3, -0.25) is 0 Å². The molecule has 1 heterocycles. The first kappa shape index (κ1) is 14.8. The molecule has 2 unspecified atom stereocenters. The maximum atomic E-state index is 12.3. The highest BCUT2D eigenvalue weighted by Gasteiger charge is 2.40. The van der Waals surface area contributed by atoms with Gasteiger partial charge in [0.1, 0.15) is 6.04 Å². The smallest absolute Gasteiger partial charge is 0.326 e. The van der Waals surface area contributed by atoms with Crippen molar-refractivity contribution in [1.82, 2.24) is 9.80 Å². The molecule has 0 spiro atoms. The van der Waals surface area contributed by atoms with E-state index in [2.05, 4.69) is 0 Å². The van der Waals surface area contributed by atoms with Gasteiger partial charge in [-0.1, -0.05) is 6.92 Å². The van der Waals surface area contributed by atoms with E-state index in [4.69, 9.17) is 5.11 Å². The molecular weight excluding hydrogens is 236 g/mol. The van der Waals surface area contributed by atoms with Gasteiger partial charge in [0.25, 0.3) is 0 Å². The molecule has 1 aliphatic heterocycles. The van der Waals surface area contributed by atoms with Gasteiger partial charge in [-0.2, -0.15) is 0 Å². The molecular formula is C12H22N2O4. The normalized spacial score (nSPS) is 25.0. The number of hydrogen-bond acceptors (Lipinski definition) is 3. The quantitative estimate of drug-likeness (QED) is 0.779. The van der Waals surface area contributed by atoms with E-state index in [1.54, 1.807) is 4.90 Å². The molecule has 6 heteroatoms. The van der Waals surface area contributed by atoms with E-state index in [1.807, 2.05) is 20.8 Å². The Morgan fingerprint density at radius 3 is 2.50 bits per heavy atom. The van der Waals surface area contributed by atoms with E-state index < -0.39 is 18.1 Å². The number of aliphatic hydroxyl groups excluding tert-OH is 1. The number of likely N-dealkylation sites (tertiary alicyclic amines) is 1. The Hall–Kier alpha value is -1.30. The van der Waals surface area contributed by atoms with Crippen LogP contribution >= 0.6 is 0 Å². The van der Waals surface area contributed by atoms with Crippen LogP contribution in [0.4, 0.5) is 4.79 Å². The van der Waals surface area contributed by atoms with Gasteiger partial charge in [0.2, 0.25) is 0 Å². The second kappa shape index (κ2) is 6.04. The summed E-state index contributed by atoms with van der Waals surface area (Å²) in [6.07, 6.45) is 0.179. The van der Waals surface area contributed by atoms with Gasteiger partial charge >= 0.3 is 12.0 Å². The Balaban J connectivity index is 2.83. The number of amides is 2. The highest BCUT2D eigenvalue weighted by atomic mass is 16.4. The lowest BCUT2D eigenvalue weighted by molar-refractivity contribution is -0.141. The highest BCUT2D eigenvalue weighted by Crippen LogP contribution is 2.21. The van der Waals surface area contributed by atoms with Crippen LogP contribution in [-0.2, 0) is 4.79 Å². The predicted molar refractivity (Wildman–Crippen MR) is 66.3 cm³/mol. The second-order valence-corrected chi connectivity index (χ2v) is 4.72. The topological polar surface area (TPSA) is 81.1 Å². The van der Waals surface area contributed by atoms with Crippen LogP contribution < -0.4 is 0 Å². The van der Waals surface area contributed by atoms with Crippen LogP contribution in [0.25, 0.3) is 0 Å². The molecule has 18 heavy (non-hydrogen) atoms. The van der Waals surface area contributed by atoms with E-state index in [-0.39, 0.29) is 25.0 Å². The number of carbonyl (C=O) groups is 2. The van der Waals surface area contributed by atoms with Crippen LogP contribution in [0.2, 0.25) is 0 Å². The molecule has 0 aromatic rings. The summed E-state index contributed by atoms with van der Waals surface area (Å²) < 4.78 is 0. The molecule has 1 saturated heterocycles. The zero-order valence-electron chi connectivity index (χ0n) is 11.2. The zero-order chi connectivity index (χ0) is 13.9. The van der Waals surface area contributed by atoms with Crippen LogP contribution in [0.3, 0.4) is 0 Å². The molecule has 104 valence electrons. The minimum Gasteiger partial charge on any atom is -0.480 e. The molecule has 3 atom stereocenters. The molecule has 0 radical (unpaired) electrons. The molecule has 0 aliphatic carbocycles. The first-order valence-electron chi connectivity index (χ1n) is 6.40. The average Bonchev–Trinajstić information content (AvgIpc) is 2.72. The molecule has 0 aromatic heterocycles. The average molecular weight is 258 g/mol. The van der Waals surface area contributed by atoms with Crippen molar-refractivity contribution >= 4 is 12.0 Å². The van der Waals surface area contributed by atoms with Crippen molar-refractivity contribution in [3.63, 3.8) is 0 Å². The van der Waals surface area contributed by atoms with Gasteiger partial charge in [-0.15, -0.1) is 0 Å². The molecule has 2 N–H and O–H groups in total. The fraction of sp³-hybridized carbons (Fsp3) is 0.833. The molecule has 1 rings (SSSR count). The second-order valence-electron chi connectivity index (χ2n) is 4.72. The molecule has 6 nitrogen and oxygen atoms in total. The molecule has 2 amide bonds. The van der Waals surface area contributed by atoms with Crippen molar-refractivity contribution in [3.8, 4) is 0 Å². The number of hydrogen-bond donors (Lipinski definition) is 2.